The van der Waals surface area contributed by atoms with Crippen molar-refractivity contribution in [3.05, 3.63) is 77.9 Å². The van der Waals surface area contributed by atoms with Gasteiger partial charge in [0, 0.05) is 11.6 Å². The Morgan fingerprint density at radius 1 is 0.971 bits per heavy atom. The number of carbonyl (C=O) groups is 2. The van der Waals surface area contributed by atoms with Crippen LogP contribution >= 0.6 is 0 Å². The molecule has 2 aliphatic rings. The van der Waals surface area contributed by atoms with Crippen LogP contribution in [0.5, 0.6) is 28.7 Å². The van der Waals surface area contributed by atoms with Crippen molar-refractivity contribution in [1.29, 1.82) is 0 Å². The van der Waals surface area contributed by atoms with Gasteiger partial charge < -0.3 is 33.7 Å². The molecule has 3 aromatic carbocycles. The van der Waals surface area contributed by atoms with Crippen molar-refractivity contribution in [3.8, 4) is 28.7 Å². The third-order valence-electron chi connectivity index (χ3n) is 5.58. The van der Waals surface area contributed by atoms with Gasteiger partial charge in [-0.05, 0) is 36.4 Å². The fourth-order valence-electron chi connectivity index (χ4n) is 3.86. The van der Waals surface area contributed by atoms with Gasteiger partial charge in [-0.2, -0.15) is 0 Å². The summed E-state index contributed by atoms with van der Waals surface area (Å²) in [5, 5.41) is 2.62. The van der Waals surface area contributed by atoms with E-state index in [1.54, 1.807) is 36.4 Å². The summed E-state index contributed by atoms with van der Waals surface area (Å²) in [6, 6.07) is 19.3. The highest BCUT2D eigenvalue weighted by Crippen LogP contribution is 2.41. The van der Waals surface area contributed by atoms with Crippen LogP contribution in [0, 0.1) is 0 Å². The molecule has 9 heteroatoms. The molecule has 0 fully saturated rings. The van der Waals surface area contributed by atoms with Gasteiger partial charge in [-0.3, -0.25) is 4.79 Å². The summed E-state index contributed by atoms with van der Waals surface area (Å²) in [6.07, 6.45) is -2.87. The van der Waals surface area contributed by atoms with E-state index in [9.17, 15) is 9.59 Å². The number of benzene rings is 3. The molecule has 5 rings (SSSR count). The van der Waals surface area contributed by atoms with E-state index in [-0.39, 0.29) is 25.7 Å². The van der Waals surface area contributed by atoms with E-state index in [4.69, 9.17) is 28.4 Å². The van der Waals surface area contributed by atoms with E-state index in [1.807, 2.05) is 30.3 Å². The van der Waals surface area contributed by atoms with E-state index >= 15 is 0 Å². The van der Waals surface area contributed by atoms with Crippen molar-refractivity contribution >= 4 is 11.9 Å². The topological polar surface area (TPSA) is 102 Å². The van der Waals surface area contributed by atoms with Gasteiger partial charge in [0.1, 0.15) is 23.9 Å². The number of alkyl carbamates (subject to hydrolysis) is 1. The lowest BCUT2D eigenvalue weighted by molar-refractivity contribution is 0.00880. The minimum atomic E-state index is -1.22. The summed E-state index contributed by atoms with van der Waals surface area (Å²) in [4.78, 5) is 26.0. The Morgan fingerprint density at radius 3 is 2.63 bits per heavy atom. The van der Waals surface area contributed by atoms with Gasteiger partial charge >= 0.3 is 6.09 Å². The number of carbonyl (C=O) groups excluding carboxylic acids is 2. The van der Waals surface area contributed by atoms with Gasteiger partial charge in [-0.1, -0.05) is 24.3 Å². The zero-order valence-corrected chi connectivity index (χ0v) is 18.9. The van der Waals surface area contributed by atoms with Gasteiger partial charge in [-0.15, -0.1) is 0 Å². The molecular formula is C26H23NO8. The predicted molar refractivity (Wildman–Crippen MR) is 123 cm³/mol. The average Bonchev–Trinajstić information content (AvgIpc) is 3.36. The minimum Gasteiger partial charge on any atom is -0.497 e. The molecule has 2 aliphatic heterocycles. The van der Waals surface area contributed by atoms with Crippen LogP contribution in [-0.4, -0.2) is 45.0 Å². The van der Waals surface area contributed by atoms with Crippen molar-refractivity contribution in [2.75, 3.05) is 27.1 Å². The third-order valence-corrected chi connectivity index (χ3v) is 5.58. The molecular weight excluding hydrogens is 454 g/mol. The molecule has 0 saturated carbocycles. The van der Waals surface area contributed by atoms with E-state index in [0.29, 0.717) is 39.9 Å². The van der Waals surface area contributed by atoms with Crippen LogP contribution in [0.1, 0.15) is 22.0 Å². The highest BCUT2D eigenvalue weighted by Gasteiger charge is 2.42. The van der Waals surface area contributed by atoms with Crippen LogP contribution in [-0.2, 0) is 4.74 Å². The Bertz CT molecular complexity index is 1230. The molecule has 1 amide bonds. The first kappa shape index (κ1) is 22.4. The van der Waals surface area contributed by atoms with Crippen molar-refractivity contribution in [1.82, 2.24) is 5.32 Å². The Morgan fingerprint density at radius 2 is 1.80 bits per heavy atom. The third kappa shape index (κ3) is 4.79. The largest absolute Gasteiger partial charge is 0.497 e. The zero-order chi connectivity index (χ0) is 24.2. The number of ketones is 1. The van der Waals surface area contributed by atoms with Gasteiger partial charge in [-0.25, -0.2) is 4.79 Å². The number of Topliss-reactive ketones (excluding diaryl/α,β-unsaturated/α-hetero) is 1. The maximum atomic E-state index is 13.4. The lowest BCUT2D eigenvalue weighted by Gasteiger charge is -2.32. The van der Waals surface area contributed by atoms with E-state index in [1.165, 1.54) is 7.11 Å². The Kier molecular flexibility index (Phi) is 6.30. The molecule has 9 nitrogen and oxygen atoms in total. The Balaban J connectivity index is 1.32. The van der Waals surface area contributed by atoms with Gasteiger partial charge in [0.05, 0.1) is 19.2 Å². The molecule has 1 N–H and O–H groups in total. The van der Waals surface area contributed by atoms with Crippen LogP contribution < -0.4 is 29.0 Å². The molecule has 0 unspecified atom stereocenters. The first-order chi connectivity index (χ1) is 17.1. The van der Waals surface area contributed by atoms with Crippen LogP contribution in [0.2, 0.25) is 0 Å². The fraction of sp³-hybridized carbons (Fsp3) is 0.231. The molecule has 0 spiro atoms. The fourth-order valence-corrected chi connectivity index (χ4v) is 3.86. The van der Waals surface area contributed by atoms with Crippen molar-refractivity contribution in [3.63, 3.8) is 0 Å². The average molecular weight is 477 g/mol. The number of para-hydroxylation sites is 1. The molecule has 0 aliphatic carbocycles. The molecule has 180 valence electrons. The number of amides is 1. The van der Waals surface area contributed by atoms with Crippen molar-refractivity contribution in [2.45, 2.75) is 12.2 Å². The summed E-state index contributed by atoms with van der Waals surface area (Å²) < 4.78 is 33.4. The highest BCUT2D eigenvalue weighted by molar-refractivity contribution is 6.04. The van der Waals surface area contributed by atoms with E-state index < -0.39 is 18.3 Å². The molecule has 3 aromatic rings. The smallest absolute Gasteiger partial charge is 0.408 e. The predicted octanol–water partition coefficient (Wildman–Crippen LogP) is 3.91. The maximum Gasteiger partial charge on any atom is 0.408 e. The number of rotatable bonds is 7. The molecule has 2 heterocycles. The number of hydrogen-bond donors (Lipinski definition) is 1. The zero-order valence-electron chi connectivity index (χ0n) is 18.9. The first-order valence-electron chi connectivity index (χ1n) is 11.0. The molecule has 0 aromatic heterocycles. The second-order valence-electron chi connectivity index (χ2n) is 7.79. The van der Waals surface area contributed by atoms with Crippen LogP contribution in [0.25, 0.3) is 0 Å². The Hall–Kier alpha value is -4.40. The number of ether oxygens (including phenoxy) is 6. The number of nitrogens with one attached hydrogen (secondary N) is 1. The quantitative estimate of drug-likeness (QED) is 0.511. The van der Waals surface area contributed by atoms with E-state index in [2.05, 4.69) is 5.32 Å². The number of fused-ring (bicyclic) bond motifs is 2. The molecule has 0 radical (unpaired) electrons. The van der Waals surface area contributed by atoms with Crippen LogP contribution in [0.4, 0.5) is 4.79 Å². The first-order valence-corrected chi connectivity index (χ1v) is 11.0. The van der Waals surface area contributed by atoms with Gasteiger partial charge in [0.25, 0.3) is 0 Å². The second-order valence-corrected chi connectivity index (χ2v) is 7.79. The lowest BCUT2D eigenvalue weighted by atomic mass is 9.93. The SMILES string of the molecule is COc1ccc2c(c1)O[C@@H](c1ccc3c(c1)OCO3)[C@H](OC(=O)NCCOc1ccccc1)C2=O. The molecule has 2 atom stereocenters. The minimum absolute atomic E-state index is 0.108. The Labute approximate surface area is 201 Å². The van der Waals surface area contributed by atoms with Gasteiger partial charge in [0.15, 0.2) is 17.6 Å². The summed E-state index contributed by atoms with van der Waals surface area (Å²) in [6.45, 7) is 0.539. The lowest BCUT2D eigenvalue weighted by Crippen LogP contribution is -2.42. The number of hydrogen-bond acceptors (Lipinski definition) is 8. The summed E-state index contributed by atoms with van der Waals surface area (Å²) in [5.41, 5.74) is 0.897. The van der Waals surface area contributed by atoms with Crippen molar-refractivity contribution in [2.24, 2.45) is 0 Å². The summed E-state index contributed by atoms with van der Waals surface area (Å²) in [7, 11) is 1.53. The normalized spacial score (nSPS) is 17.7. The molecule has 35 heavy (non-hydrogen) atoms. The maximum absolute atomic E-state index is 13.4. The highest BCUT2D eigenvalue weighted by atomic mass is 16.7. The van der Waals surface area contributed by atoms with Gasteiger partial charge in [0.2, 0.25) is 18.7 Å². The number of methoxy groups -OCH3 is 1. The molecule has 0 bridgehead atoms. The van der Waals surface area contributed by atoms with E-state index in [0.717, 1.165) is 0 Å². The summed E-state index contributed by atoms with van der Waals surface area (Å²) >= 11 is 0. The van der Waals surface area contributed by atoms with Crippen molar-refractivity contribution < 1.29 is 38.0 Å². The second kappa shape index (κ2) is 9.84. The monoisotopic (exact) mass is 477 g/mol. The standard InChI is InChI=1S/C26H23NO8/c1-30-18-8-9-19-21(14-18)34-24(16-7-10-20-22(13-16)33-15-32-20)25(23(19)28)35-26(29)27-11-12-31-17-5-3-2-4-6-17/h2-10,13-14,24-25H,11-12,15H2,1H3,(H,27,29)/t24-,25+/m0/s1. The summed E-state index contributed by atoms with van der Waals surface area (Å²) in [5.74, 6) is 2.30. The molecule has 0 saturated heterocycles. The van der Waals surface area contributed by atoms with Crippen LogP contribution in [0.15, 0.2) is 66.7 Å². The van der Waals surface area contributed by atoms with Crippen LogP contribution in [0.3, 0.4) is 0 Å².